The molecule has 0 spiro atoms. The number of rotatable bonds is 4. The molecule has 1 aliphatic rings. The first-order chi connectivity index (χ1) is 11.5. The molecule has 0 amide bonds. The quantitative estimate of drug-likeness (QED) is 0.912. The summed E-state index contributed by atoms with van der Waals surface area (Å²) in [5, 5.41) is 13.2. The number of H-pyrrole nitrogens is 1. The monoisotopic (exact) mass is 338 g/mol. The van der Waals surface area contributed by atoms with Crippen LogP contribution in [0.15, 0.2) is 30.3 Å². The number of nitrogens with zero attached hydrogens (tertiary/aromatic N) is 1. The molecule has 0 saturated carbocycles. The number of aromatic nitrogens is 1. The van der Waals surface area contributed by atoms with Crippen LogP contribution in [-0.2, 0) is 25.1 Å². The summed E-state index contributed by atoms with van der Waals surface area (Å²) in [6, 6.07) is 12.7. The summed E-state index contributed by atoms with van der Waals surface area (Å²) in [6.45, 7) is 7.41. The maximum Gasteiger partial charge on any atom is 0.291 e. The number of fused-ring (bicyclic) bond motifs is 1. The van der Waals surface area contributed by atoms with Crippen LogP contribution in [0.3, 0.4) is 0 Å². The maximum absolute atomic E-state index is 9.79. The van der Waals surface area contributed by atoms with Crippen molar-refractivity contribution < 1.29 is 4.98 Å². The highest BCUT2D eigenvalue weighted by atomic mass is 32.2. The lowest BCUT2D eigenvalue weighted by atomic mass is 9.92. The molecule has 1 aliphatic heterocycles. The van der Waals surface area contributed by atoms with Crippen LogP contribution in [0, 0.1) is 11.3 Å². The second kappa shape index (κ2) is 6.86. The highest BCUT2D eigenvalue weighted by Gasteiger charge is 2.32. The molecule has 0 saturated heterocycles. The smallest absolute Gasteiger partial charge is 0.269 e. The Morgan fingerprint density at radius 3 is 2.67 bits per heavy atom. The number of anilines is 1. The van der Waals surface area contributed by atoms with Crippen molar-refractivity contribution in [2.45, 2.75) is 50.7 Å². The topological polar surface area (TPSA) is 50.0 Å². The van der Waals surface area contributed by atoms with E-state index in [-0.39, 0.29) is 4.75 Å². The van der Waals surface area contributed by atoms with E-state index in [2.05, 4.69) is 49.3 Å². The summed E-state index contributed by atoms with van der Waals surface area (Å²) in [5.41, 5.74) is 5.81. The average molecular weight is 339 g/mol. The number of nitriles is 1. The van der Waals surface area contributed by atoms with Crippen molar-refractivity contribution in [3.05, 3.63) is 58.3 Å². The molecule has 0 radical (unpaired) electrons. The van der Waals surface area contributed by atoms with Gasteiger partial charge < -0.3 is 0 Å². The van der Waals surface area contributed by atoms with E-state index in [1.807, 2.05) is 30.0 Å². The number of hydrogen-bond donors (Lipinski definition) is 1. The summed E-state index contributed by atoms with van der Waals surface area (Å²) < 4.78 is 0.182. The lowest BCUT2D eigenvalue weighted by molar-refractivity contribution is -0.374. The fourth-order valence-electron chi connectivity index (χ4n) is 3.23. The SMILES string of the molecule is CCc1[nH+]c(NCc2ccccc2)c(C#N)c2c1CSC(C)(C)C2. The van der Waals surface area contributed by atoms with E-state index < -0.39 is 0 Å². The first kappa shape index (κ1) is 16.9. The van der Waals surface area contributed by atoms with Crippen LogP contribution in [0.4, 0.5) is 5.82 Å². The number of hydrogen-bond acceptors (Lipinski definition) is 3. The Hall–Kier alpha value is -1.99. The predicted octanol–water partition coefficient (Wildman–Crippen LogP) is 4.11. The van der Waals surface area contributed by atoms with Crippen LogP contribution >= 0.6 is 11.8 Å². The third-order valence-electron chi connectivity index (χ3n) is 4.54. The Morgan fingerprint density at radius 2 is 2.00 bits per heavy atom. The van der Waals surface area contributed by atoms with Crippen LogP contribution in [0.2, 0.25) is 0 Å². The van der Waals surface area contributed by atoms with Crippen LogP contribution in [-0.4, -0.2) is 4.75 Å². The molecule has 2 N–H and O–H groups in total. The highest BCUT2D eigenvalue weighted by Crippen LogP contribution is 2.41. The Kier molecular flexibility index (Phi) is 4.82. The fourth-order valence-corrected chi connectivity index (χ4v) is 4.36. The molecule has 0 fully saturated rings. The van der Waals surface area contributed by atoms with E-state index in [4.69, 9.17) is 0 Å². The van der Waals surface area contributed by atoms with Gasteiger partial charge in [0.2, 0.25) is 0 Å². The average Bonchev–Trinajstić information content (AvgIpc) is 2.58. The Labute approximate surface area is 148 Å². The van der Waals surface area contributed by atoms with Gasteiger partial charge in [-0.2, -0.15) is 17.0 Å². The van der Waals surface area contributed by atoms with Gasteiger partial charge in [0, 0.05) is 22.5 Å². The lowest BCUT2D eigenvalue weighted by Crippen LogP contribution is -2.30. The zero-order chi connectivity index (χ0) is 17.2. The Bertz CT molecular complexity index is 776. The maximum atomic E-state index is 9.79. The van der Waals surface area contributed by atoms with Gasteiger partial charge in [-0.1, -0.05) is 51.1 Å². The van der Waals surface area contributed by atoms with E-state index in [0.29, 0.717) is 6.54 Å². The van der Waals surface area contributed by atoms with E-state index >= 15 is 0 Å². The van der Waals surface area contributed by atoms with Crippen molar-refractivity contribution in [2.24, 2.45) is 0 Å². The first-order valence-electron chi connectivity index (χ1n) is 8.46. The third-order valence-corrected chi connectivity index (χ3v) is 5.90. The molecule has 3 nitrogen and oxygen atoms in total. The summed E-state index contributed by atoms with van der Waals surface area (Å²) in [7, 11) is 0. The van der Waals surface area contributed by atoms with Crippen molar-refractivity contribution in [2.75, 3.05) is 5.32 Å². The molecular weight excluding hydrogens is 314 g/mol. The van der Waals surface area contributed by atoms with Gasteiger partial charge in [-0.15, -0.1) is 0 Å². The van der Waals surface area contributed by atoms with E-state index in [0.717, 1.165) is 30.0 Å². The van der Waals surface area contributed by atoms with Gasteiger partial charge in [-0.3, -0.25) is 5.32 Å². The fraction of sp³-hybridized carbons (Fsp3) is 0.400. The van der Waals surface area contributed by atoms with Crippen LogP contribution in [0.25, 0.3) is 0 Å². The predicted molar refractivity (Wildman–Crippen MR) is 99.9 cm³/mol. The molecule has 2 aromatic rings. The second-order valence-electron chi connectivity index (χ2n) is 6.84. The van der Waals surface area contributed by atoms with Gasteiger partial charge in [0.1, 0.15) is 23.9 Å². The molecular formula is C20H24N3S+. The third kappa shape index (κ3) is 3.42. The summed E-state index contributed by atoms with van der Waals surface area (Å²) in [4.78, 5) is 3.49. The number of aromatic amines is 1. The first-order valence-corrected chi connectivity index (χ1v) is 9.44. The van der Waals surface area contributed by atoms with Gasteiger partial charge in [0.25, 0.3) is 5.82 Å². The van der Waals surface area contributed by atoms with Crippen molar-refractivity contribution in [3.8, 4) is 6.07 Å². The summed E-state index contributed by atoms with van der Waals surface area (Å²) in [6.07, 6.45) is 1.90. The van der Waals surface area contributed by atoms with Gasteiger partial charge in [0.05, 0.1) is 0 Å². The van der Waals surface area contributed by atoms with Crippen molar-refractivity contribution in [3.63, 3.8) is 0 Å². The van der Waals surface area contributed by atoms with Gasteiger partial charge >= 0.3 is 0 Å². The van der Waals surface area contributed by atoms with Crippen molar-refractivity contribution in [1.82, 2.24) is 0 Å². The van der Waals surface area contributed by atoms with Crippen LogP contribution in [0.5, 0.6) is 0 Å². The molecule has 0 atom stereocenters. The number of pyridine rings is 1. The van der Waals surface area contributed by atoms with Crippen LogP contribution in [0.1, 0.15) is 48.7 Å². The van der Waals surface area contributed by atoms with Crippen molar-refractivity contribution >= 4 is 17.6 Å². The molecule has 0 bridgehead atoms. The van der Waals surface area contributed by atoms with Crippen molar-refractivity contribution in [1.29, 1.82) is 5.26 Å². The Balaban J connectivity index is 1.99. The van der Waals surface area contributed by atoms with E-state index in [1.165, 1.54) is 22.4 Å². The molecule has 1 aromatic carbocycles. The van der Waals surface area contributed by atoms with Gasteiger partial charge in [0.15, 0.2) is 0 Å². The second-order valence-corrected chi connectivity index (χ2v) is 8.52. The minimum Gasteiger partial charge on any atom is -0.269 e. The minimum atomic E-state index is 0.182. The van der Waals surface area contributed by atoms with Gasteiger partial charge in [-0.25, -0.2) is 4.98 Å². The number of aryl methyl sites for hydroxylation is 1. The molecule has 0 aliphatic carbocycles. The van der Waals surface area contributed by atoms with E-state index in [9.17, 15) is 5.26 Å². The minimum absolute atomic E-state index is 0.182. The zero-order valence-corrected chi connectivity index (χ0v) is 15.4. The summed E-state index contributed by atoms with van der Waals surface area (Å²) >= 11 is 1.98. The molecule has 2 heterocycles. The molecule has 4 heteroatoms. The molecule has 124 valence electrons. The number of benzene rings is 1. The zero-order valence-electron chi connectivity index (χ0n) is 14.6. The largest absolute Gasteiger partial charge is 0.291 e. The standard InChI is InChI=1S/C20H23N3S/c1-4-18-17-13-24-20(2,3)10-15(17)16(11-21)19(23-18)22-12-14-8-6-5-7-9-14/h5-9H,4,10,12-13H2,1-3H3,(H,22,23)/p+1. The molecule has 1 aromatic heterocycles. The lowest BCUT2D eigenvalue weighted by Gasteiger charge is -2.31. The van der Waals surface area contributed by atoms with Crippen LogP contribution < -0.4 is 10.3 Å². The summed E-state index contributed by atoms with van der Waals surface area (Å²) in [5.74, 6) is 1.84. The highest BCUT2D eigenvalue weighted by molar-refractivity contribution is 7.99. The number of nitrogens with one attached hydrogen (secondary N) is 2. The molecule has 24 heavy (non-hydrogen) atoms. The molecule has 3 rings (SSSR count). The van der Waals surface area contributed by atoms with E-state index in [1.54, 1.807) is 0 Å². The Morgan fingerprint density at radius 1 is 1.25 bits per heavy atom. The normalized spacial score (nSPS) is 15.4. The number of thioether (sulfide) groups is 1. The van der Waals surface area contributed by atoms with Gasteiger partial charge in [-0.05, 0) is 17.5 Å². The molecule has 0 unspecified atom stereocenters.